The summed E-state index contributed by atoms with van der Waals surface area (Å²) in [6.07, 6.45) is 0.283. The van der Waals surface area contributed by atoms with Gasteiger partial charge in [-0.25, -0.2) is 4.98 Å². The Kier molecular flexibility index (Phi) is 8.73. The van der Waals surface area contributed by atoms with E-state index in [-0.39, 0.29) is 12.3 Å². The molecular formula is C24H30ClN3O3S. The van der Waals surface area contributed by atoms with Gasteiger partial charge in [-0.15, -0.1) is 0 Å². The molecule has 0 saturated heterocycles. The van der Waals surface area contributed by atoms with Crippen LogP contribution in [0.1, 0.15) is 26.3 Å². The molecular weight excluding hydrogens is 446 g/mol. The van der Waals surface area contributed by atoms with Gasteiger partial charge in [-0.3, -0.25) is 9.69 Å². The van der Waals surface area contributed by atoms with E-state index >= 15 is 0 Å². The third-order valence-electron chi connectivity index (χ3n) is 5.32. The van der Waals surface area contributed by atoms with Gasteiger partial charge in [0.1, 0.15) is 17.0 Å². The lowest BCUT2D eigenvalue weighted by Crippen LogP contribution is -2.39. The number of rotatable bonds is 11. The molecule has 0 radical (unpaired) electrons. The molecule has 0 aliphatic carbocycles. The first kappa shape index (κ1) is 24.3. The molecule has 2 aromatic carbocycles. The first-order valence-electron chi connectivity index (χ1n) is 10.9. The van der Waals surface area contributed by atoms with Crippen molar-refractivity contribution < 1.29 is 14.3 Å². The van der Waals surface area contributed by atoms with E-state index < -0.39 is 0 Å². The van der Waals surface area contributed by atoms with Crippen LogP contribution >= 0.6 is 22.9 Å². The second-order valence-electron chi connectivity index (χ2n) is 7.25. The Morgan fingerprint density at radius 3 is 2.41 bits per heavy atom. The number of carbonyl (C=O) groups is 1. The molecule has 0 aliphatic heterocycles. The average Bonchev–Trinajstić information content (AvgIpc) is 3.24. The number of anilines is 1. The van der Waals surface area contributed by atoms with Gasteiger partial charge in [-0.2, -0.15) is 0 Å². The predicted molar refractivity (Wildman–Crippen MR) is 133 cm³/mol. The standard InChI is InChI=1S/C24H30ClN3O3S/c1-5-27(6-2)14-15-28(21(29)16-17-8-10-18(11-9-17)31-7-3)24-26-22-20(30-4)13-12-19(25)23(22)32-24/h8-13H,5-7,14-16H2,1-4H3. The molecule has 8 heteroatoms. The van der Waals surface area contributed by atoms with Gasteiger partial charge < -0.3 is 14.4 Å². The first-order valence-corrected chi connectivity index (χ1v) is 12.1. The highest BCUT2D eigenvalue weighted by Gasteiger charge is 2.22. The number of methoxy groups -OCH3 is 1. The number of thiazole rings is 1. The molecule has 0 bridgehead atoms. The number of hydrogen-bond donors (Lipinski definition) is 0. The quantitative estimate of drug-likeness (QED) is 0.378. The number of ether oxygens (including phenoxy) is 2. The van der Waals surface area contributed by atoms with Crippen LogP contribution in [0.3, 0.4) is 0 Å². The largest absolute Gasteiger partial charge is 0.494 e. The second kappa shape index (κ2) is 11.5. The molecule has 0 spiro atoms. The number of amides is 1. The SMILES string of the molecule is CCOc1ccc(CC(=O)N(CCN(CC)CC)c2nc3c(OC)ccc(Cl)c3s2)cc1. The summed E-state index contributed by atoms with van der Waals surface area (Å²) in [5.41, 5.74) is 1.62. The minimum atomic E-state index is -0.00420. The highest BCUT2D eigenvalue weighted by atomic mass is 35.5. The fourth-order valence-corrected chi connectivity index (χ4v) is 4.77. The molecule has 6 nitrogen and oxygen atoms in total. The lowest BCUT2D eigenvalue weighted by atomic mass is 10.1. The highest BCUT2D eigenvalue weighted by Crippen LogP contribution is 2.38. The summed E-state index contributed by atoms with van der Waals surface area (Å²) in [4.78, 5) is 22.2. The molecule has 0 N–H and O–H groups in total. The fraction of sp³-hybridized carbons (Fsp3) is 0.417. The Balaban J connectivity index is 1.90. The Labute approximate surface area is 198 Å². The molecule has 1 aromatic heterocycles. The predicted octanol–water partition coefficient (Wildman–Crippen LogP) is 5.27. The molecule has 1 amide bonds. The van der Waals surface area contributed by atoms with Crippen LogP contribution in [0.4, 0.5) is 5.13 Å². The number of carbonyl (C=O) groups excluding carboxylic acids is 1. The summed E-state index contributed by atoms with van der Waals surface area (Å²) >= 11 is 7.84. The third kappa shape index (κ3) is 5.71. The third-order valence-corrected chi connectivity index (χ3v) is 6.86. The molecule has 172 valence electrons. The summed E-state index contributed by atoms with van der Waals surface area (Å²) in [6.45, 7) is 9.98. The van der Waals surface area contributed by atoms with Crippen molar-refractivity contribution in [3.63, 3.8) is 0 Å². The molecule has 0 aliphatic rings. The molecule has 0 atom stereocenters. The second-order valence-corrected chi connectivity index (χ2v) is 8.63. The Morgan fingerprint density at radius 2 is 1.78 bits per heavy atom. The van der Waals surface area contributed by atoms with Crippen molar-refractivity contribution in [1.82, 2.24) is 9.88 Å². The van der Waals surface area contributed by atoms with E-state index in [4.69, 9.17) is 26.1 Å². The zero-order valence-corrected chi connectivity index (χ0v) is 20.6. The number of fused-ring (bicyclic) bond motifs is 1. The maximum absolute atomic E-state index is 13.4. The number of halogens is 1. The normalized spacial score (nSPS) is 11.2. The number of likely N-dealkylation sites (N-methyl/N-ethyl adjacent to an activating group) is 1. The summed E-state index contributed by atoms with van der Waals surface area (Å²) in [6, 6.07) is 11.3. The van der Waals surface area contributed by atoms with Gasteiger partial charge in [0.2, 0.25) is 5.91 Å². The van der Waals surface area contributed by atoms with Crippen LogP contribution in [0.15, 0.2) is 36.4 Å². The molecule has 0 saturated carbocycles. The summed E-state index contributed by atoms with van der Waals surface area (Å²) < 4.78 is 11.8. The highest BCUT2D eigenvalue weighted by molar-refractivity contribution is 7.23. The monoisotopic (exact) mass is 475 g/mol. The van der Waals surface area contributed by atoms with Gasteiger partial charge in [0, 0.05) is 13.1 Å². The molecule has 1 heterocycles. The van der Waals surface area contributed by atoms with Gasteiger partial charge in [0.25, 0.3) is 0 Å². The smallest absolute Gasteiger partial charge is 0.233 e. The van der Waals surface area contributed by atoms with Crippen LogP contribution in [0.2, 0.25) is 5.02 Å². The van der Waals surface area contributed by atoms with E-state index in [1.54, 1.807) is 24.1 Å². The van der Waals surface area contributed by atoms with Gasteiger partial charge in [-0.1, -0.05) is 48.9 Å². The number of benzene rings is 2. The van der Waals surface area contributed by atoms with E-state index in [9.17, 15) is 4.79 Å². The van der Waals surface area contributed by atoms with E-state index in [0.29, 0.717) is 34.6 Å². The maximum Gasteiger partial charge on any atom is 0.233 e. The van der Waals surface area contributed by atoms with E-state index in [1.165, 1.54) is 11.3 Å². The number of aromatic nitrogens is 1. The van der Waals surface area contributed by atoms with Crippen molar-refractivity contribution in [3.8, 4) is 11.5 Å². The topological polar surface area (TPSA) is 54.9 Å². The Hall–Kier alpha value is -2.35. The first-order chi connectivity index (χ1) is 15.5. The summed E-state index contributed by atoms with van der Waals surface area (Å²) in [5.74, 6) is 1.44. The molecule has 3 rings (SSSR count). The van der Waals surface area contributed by atoms with Crippen LogP contribution in [0, 0.1) is 0 Å². The van der Waals surface area contributed by atoms with Crippen LogP contribution in [0.5, 0.6) is 11.5 Å². The van der Waals surface area contributed by atoms with E-state index in [1.807, 2.05) is 31.2 Å². The number of nitrogens with zero attached hydrogens (tertiary/aromatic N) is 3. The van der Waals surface area contributed by atoms with Gasteiger partial charge in [0.15, 0.2) is 5.13 Å². The van der Waals surface area contributed by atoms with E-state index in [0.717, 1.165) is 35.6 Å². The average molecular weight is 476 g/mol. The number of hydrogen-bond acceptors (Lipinski definition) is 6. The minimum absolute atomic E-state index is 0.00420. The lowest BCUT2D eigenvalue weighted by molar-refractivity contribution is -0.118. The van der Waals surface area contributed by atoms with Crippen LogP contribution < -0.4 is 14.4 Å². The van der Waals surface area contributed by atoms with Crippen LogP contribution in [-0.2, 0) is 11.2 Å². The minimum Gasteiger partial charge on any atom is -0.494 e. The van der Waals surface area contributed by atoms with Crippen LogP contribution in [-0.4, -0.2) is 55.7 Å². The van der Waals surface area contributed by atoms with Crippen molar-refractivity contribution in [1.29, 1.82) is 0 Å². The molecule has 3 aromatic rings. The summed E-state index contributed by atoms with van der Waals surface area (Å²) in [7, 11) is 1.61. The van der Waals surface area contributed by atoms with Crippen molar-refractivity contribution >= 4 is 44.2 Å². The maximum atomic E-state index is 13.4. The molecule has 32 heavy (non-hydrogen) atoms. The van der Waals surface area contributed by atoms with Crippen molar-refractivity contribution in [2.75, 3.05) is 44.8 Å². The van der Waals surface area contributed by atoms with E-state index in [2.05, 4.69) is 18.7 Å². The fourth-order valence-electron chi connectivity index (χ4n) is 3.47. The zero-order valence-electron chi connectivity index (χ0n) is 19.1. The van der Waals surface area contributed by atoms with Crippen molar-refractivity contribution in [3.05, 3.63) is 47.0 Å². The van der Waals surface area contributed by atoms with Gasteiger partial charge in [0.05, 0.1) is 29.9 Å². The van der Waals surface area contributed by atoms with Crippen LogP contribution in [0.25, 0.3) is 10.2 Å². The van der Waals surface area contributed by atoms with Gasteiger partial charge in [-0.05, 0) is 49.8 Å². The Morgan fingerprint density at radius 1 is 1.06 bits per heavy atom. The zero-order chi connectivity index (χ0) is 23.1. The molecule has 0 fully saturated rings. The molecule has 0 unspecified atom stereocenters. The van der Waals surface area contributed by atoms with Gasteiger partial charge >= 0.3 is 0 Å². The van der Waals surface area contributed by atoms with Crippen molar-refractivity contribution in [2.24, 2.45) is 0 Å². The Bertz CT molecular complexity index is 1030. The van der Waals surface area contributed by atoms with Crippen molar-refractivity contribution in [2.45, 2.75) is 27.2 Å². The lowest BCUT2D eigenvalue weighted by Gasteiger charge is -2.24. The summed E-state index contributed by atoms with van der Waals surface area (Å²) in [5, 5.41) is 1.24.